The maximum Gasteiger partial charge on any atom is 0.241 e. The van der Waals surface area contributed by atoms with E-state index in [1.165, 1.54) is 4.90 Å². The van der Waals surface area contributed by atoms with Crippen LogP contribution in [0.25, 0.3) is 10.9 Å². The minimum Gasteiger partial charge on any atom is -0.360 e. The fourth-order valence-corrected chi connectivity index (χ4v) is 6.25. The minimum absolute atomic E-state index is 0.134. The molecule has 0 N–H and O–H groups in total. The molecule has 6 nitrogen and oxygen atoms in total. The van der Waals surface area contributed by atoms with Crippen LogP contribution in [0.3, 0.4) is 0 Å². The Bertz CT molecular complexity index is 1480. The van der Waals surface area contributed by atoms with Crippen LogP contribution >= 0.6 is 0 Å². The molecule has 2 amide bonds. The summed E-state index contributed by atoms with van der Waals surface area (Å²) in [4.78, 5) is 29.1. The highest BCUT2D eigenvalue weighted by Crippen LogP contribution is 2.43. The van der Waals surface area contributed by atoms with E-state index in [1.54, 1.807) is 0 Å². The van der Waals surface area contributed by atoms with E-state index in [0.717, 1.165) is 45.8 Å². The van der Waals surface area contributed by atoms with Gasteiger partial charge in [-0.05, 0) is 53.8 Å². The quantitative estimate of drug-likeness (QED) is 0.139. The fraction of sp³-hybridized carbons (Fsp3) is 0.344. The summed E-state index contributed by atoms with van der Waals surface area (Å²) in [5.74, 6) is -0.268. The SMILES string of the molecule is Cc1cc2c(cnn2COCC[Si](C)(C)C)cc1C1(Cc2ccccc2)CC(=O)N(Cc2ccccc2)C1=O. The number of aryl methyl sites for hydroxylation is 1. The monoisotopic (exact) mass is 539 g/mol. The molecule has 2 heterocycles. The van der Waals surface area contributed by atoms with Crippen LogP contribution in [0.4, 0.5) is 0 Å². The summed E-state index contributed by atoms with van der Waals surface area (Å²) in [7, 11) is -1.17. The third kappa shape index (κ3) is 5.75. The van der Waals surface area contributed by atoms with Gasteiger partial charge in [0.05, 0.1) is 23.7 Å². The van der Waals surface area contributed by atoms with Crippen LogP contribution in [0.2, 0.25) is 25.7 Å². The number of imide groups is 1. The second kappa shape index (κ2) is 10.9. The number of carbonyl (C=O) groups excluding carboxylic acids is 2. The van der Waals surface area contributed by atoms with Gasteiger partial charge in [0.25, 0.3) is 0 Å². The Hall–Kier alpha value is -3.55. The predicted octanol–water partition coefficient (Wildman–Crippen LogP) is 6.10. The molecule has 3 aromatic carbocycles. The lowest BCUT2D eigenvalue weighted by Crippen LogP contribution is -2.40. The third-order valence-electron chi connectivity index (χ3n) is 7.65. The lowest BCUT2D eigenvalue weighted by Gasteiger charge is -2.29. The molecule has 39 heavy (non-hydrogen) atoms. The second-order valence-corrected chi connectivity index (χ2v) is 17.5. The normalized spacial score (nSPS) is 17.9. The van der Waals surface area contributed by atoms with Crippen LogP contribution in [0.5, 0.6) is 0 Å². The summed E-state index contributed by atoms with van der Waals surface area (Å²) >= 11 is 0. The number of nitrogens with zero attached hydrogens (tertiary/aromatic N) is 3. The molecule has 1 fully saturated rings. The van der Waals surface area contributed by atoms with Gasteiger partial charge < -0.3 is 4.74 Å². The zero-order valence-electron chi connectivity index (χ0n) is 23.3. The molecule has 7 heteroatoms. The zero-order valence-corrected chi connectivity index (χ0v) is 24.3. The van der Waals surface area contributed by atoms with Crippen molar-refractivity contribution in [2.75, 3.05) is 6.61 Å². The first kappa shape index (κ1) is 27.0. The Balaban J connectivity index is 1.50. The predicted molar refractivity (Wildman–Crippen MR) is 157 cm³/mol. The standard InChI is InChI=1S/C32H37N3O3Si/c1-24-17-29-27(21-33-35(29)23-38-15-16-39(2,3)4)18-28(24)32(19-25-11-7-5-8-12-25)20-30(36)34(31(32)37)22-26-13-9-6-10-14-26/h5-14,17-18,21H,15-16,19-20,22-23H2,1-4H3. The molecule has 1 aliphatic heterocycles. The smallest absolute Gasteiger partial charge is 0.241 e. The topological polar surface area (TPSA) is 64.4 Å². The number of amides is 2. The van der Waals surface area contributed by atoms with Crippen LogP contribution in [0, 0.1) is 6.92 Å². The van der Waals surface area contributed by atoms with Crippen molar-refractivity contribution in [3.05, 3.63) is 101 Å². The van der Waals surface area contributed by atoms with Gasteiger partial charge in [0.2, 0.25) is 11.8 Å². The summed E-state index contributed by atoms with van der Waals surface area (Å²) in [6.07, 6.45) is 2.44. The largest absolute Gasteiger partial charge is 0.360 e. The van der Waals surface area contributed by atoms with E-state index < -0.39 is 13.5 Å². The van der Waals surface area contributed by atoms with E-state index in [0.29, 0.717) is 13.2 Å². The highest BCUT2D eigenvalue weighted by Gasteiger charge is 2.53. The molecule has 0 aliphatic carbocycles. The maximum atomic E-state index is 14.3. The summed E-state index contributed by atoms with van der Waals surface area (Å²) in [6, 6.07) is 25.0. The van der Waals surface area contributed by atoms with Gasteiger partial charge in [-0.1, -0.05) is 80.3 Å². The van der Waals surface area contributed by atoms with E-state index in [9.17, 15) is 9.59 Å². The van der Waals surface area contributed by atoms with Crippen molar-refractivity contribution in [2.45, 2.75) is 64.1 Å². The molecule has 0 bridgehead atoms. The van der Waals surface area contributed by atoms with Gasteiger partial charge in [-0.2, -0.15) is 5.10 Å². The maximum absolute atomic E-state index is 14.3. The first-order valence-electron chi connectivity index (χ1n) is 13.6. The Labute approximate surface area is 231 Å². The summed E-state index contributed by atoms with van der Waals surface area (Å²) in [5, 5.41) is 5.53. The van der Waals surface area contributed by atoms with Crippen molar-refractivity contribution >= 4 is 30.8 Å². The van der Waals surface area contributed by atoms with Crippen molar-refractivity contribution in [1.82, 2.24) is 14.7 Å². The fourth-order valence-electron chi connectivity index (χ4n) is 5.49. The van der Waals surface area contributed by atoms with Crippen LogP contribution in [-0.4, -0.2) is 41.2 Å². The molecule has 5 rings (SSSR count). The van der Waals surface area contributed by atoms with Crippen molar-refractivity contribution in [3.63, 3.8) is 0 Å². The number of hydrogen-bond acceptors (Lipinski definition) is 4. The van der Waals surface area contributed by atoms with Crippen LogP contribution in [0.15, 0.2) is 79.0 Å². The zero-order chi connectivity index (χ0) is 27.6. The molecule has 1 aromatic heterocycles. The molecule has 1 atom stereocenters. The average molecular weight is 540 g/mol. The van der Waals surface area contributed by atoms with Gasteiger partial charge in [0.1, 0.15) is 6.73 Å². The van der Waals surface area contributed by atoms with Crippen LogP contribution < -0.4 is 0 Å². The van der Waals surface area contributed by atoms with Crippen molar-refractivity contribution in [3.8, 4) is 0 Å². The number of likely N-dealkylation sites (tertiary alicyclic amines) is 1. The van der Waals surface area contributed by atoms with Crippen molar-refractivity contribution in [1.29, 1.82) is 0 Å². The number of hydrogen-bond donors (Lipinski definition) is 0. The molecule has 0 spiro atoms. The van der Waals surface area contributed by atoms with E-state index in [4.69, 9.17) is 4.74 Å². The Morgan fingerprint density at radius 3 is 2.28 bits per heavy atom. The third-order valence-corrected chi connectivity index (χ3v) is 9.36. The van der Waals surface area contributed by atoms with E-state index in [1.807, 2.05) is 78.5 Å². The molecule has 202 valence electrons. The van der Waals surface area contributed by atoms with Gasteiger partial charge in [0.15, 0.2) is 0 Å². The highest BCUT2D eigenvalue weighted by atomic mass is 28.3. The molecular formula is C32H37N3O3Si. The highest BCUT2D eigenvalue weighted by molar-refractivity contribution is 6.76. The number of fused-ring (bicyclic) bond motifs is 1. The average Bonchev–Trinajstić information content (AvgIpc) is 3.40. The number of rotatable bonds is 10. The van der Waals surface area contributed by atoms with Crippen LogP contribution in [0.1, 0.15) is 28.7 Å². The number of ether oxygens (including phenoxy) is 1. The van der Waals surface area contributed by atoms with Crippen molar-refractivity contribution < 1.29 is 14.3 Å². The Kier molecular flexibility index (Phi) is 7.56. The molecule has 0 radical (unpaired) electrons. The molecular weight excluding hydrogens is 502 g/mol. The summed E-state index contributed by atoms with van der Waals surface area (Å²) < 4.78 is 7.84. The molecule has 1 saturated heterocycles. The van der Waals surface area contributed by atoms with E-state index >= 15 is 0 Å². The first-order valence-corrected chi connectivity index (χ1v) is 17.3. The second-order valence-electron chi connectivity index (χ2n) is 11.9. The molecule has 4 aromatic rings. The van der Waals surface area contributed by atoms with Gasteiger partial charge >= 0.3 is 0 Å². The molecule has 1 aliphatic rings. The number of benzene rings is 3. The van der Waals surface area contributed by atoms with Gasteiger partial charge in [-0.15, -0.1) is 0 Å². The Morgan fingerprint density at radius 2 is 1.62 bits per heavy atom. The lowest BCUT2D eigenvalue weighted by molar-refractivity contribution is -0.140. The van der Waals surface area contributed by atoms with E-state index in [2.05, 4.69) is 36.9 Å². The van der Waals surface area contributed by atoms with Gasteiger partial charge in [-0.25, -0.2) is 4.68 Å². The lowest BCUT2D eigenvalue weighted by atomic mass is 9.72. The van der Waals surface area contributed by atoms with Gasteiger partial charge in [-0.3, -0.25) is 14.5 Å². The first-order chi connectivity index (χ1) is 18.7. The van der Waals surface area contributed by atoms with Crippen molar-refractivity contribution in [2.24, 2.45) is 0 Å². The number of aromatic nitrogens is 2. The number of carbonyl (C=O) groups is 2. The summed E-state index contributed by atoms with van der Waals surface area (Å²) in [6.45, 7) is 10.4. The summed E-state index contributed by atoms with van der Waals surface area (Å²) in [5.41, 5.74) is 3.85. The van der Waals surface area contributed by atoms with E-state index in [-0.39, 0.29) is 24.8 Å². The molecule has 1 unspecified atom stereocenters. The molecule has 0 saturated carbocycles. The van der Waals surface area contributed by atoms with Crippen LogP contribution in [-0.2, 0) is 39.4 Å². The minimum atomic E-state index is -1.17. The van der Waals surface area contributed by atoms with Gasteiger partial charge in [0, 0.05) is 26.5 Å². The Morgan fingerprint density at radius 1 is 0.949 bits per heavy atom.